The highest BCUT2D eigenvalue weighted by atomic mass is 14.1. The van der Waals surface area contributed by atoms with Gasteiger partial charge in [-0.05, 0) is 36.8 Å². The molecule has 0 radical (unpaired) electrons. The van der Waals surface area contributed by atoms with E-state index in [9.17, 15) is 0 Å². The summed E-state index contributed by atoms with van der Waals surface area (Å²) in [7, 11) is 0. The molecule has 0 aliphatic rings. The molecule has 1 rings (SSSR count). The smallest absolute Gasteiger partial charge is 0.0228 e. The van der Waals surface area contributed by atoms with Gasteiger partial charge in [0.15, 0.2) is 0 Å². The van der Waals surface area contributed by atoms with Gasteiger partial charge in [-0.2, -0.15) is 0 Å². The van der Waals surface area contributed by atoms with Gasteiger partial charge in [0, 0.05) is 0 Å². The van der Waals surface area contributed by atoms with Crippen molar-refractivity contribution in [1.82, 2.24) is 0 Å². The Kier molecular flexibility index (Phi) is 5.17. The minimum absolute atomic E-state index is 0.818. The molecule has 0 saturated heterocycles. The molecule has 0 aliphatic heterocycles. The zero-order valence-corrected chi connectivity index (χ0v) is 10.2. The first-order valence-electron chi connectivity index (χ1n) is 5.94. The van der Waals surface area contributed by atoms with Crippen molar-refractivity contribution in [2.75, 3.05) is 0 Å². The molecule has 0 aromatic heterocycles. The third-order valence-electron chi connectivity index (χ3n) is 2.72. The SMILES string of the molecule is CC=C(CCCC(C)C)c1ccccc1. The summed E-state index contributed by atoms with van der Waals surface area (Å²) in [6.07, 6.45) is 6.07. The Labute approximate surface area is 94.0 Å². The fraction of sp³-hybridized carbons (Fsp3) is 0.467. The van der Waals surface area contributed by atoms with Gasteiger partial charge in [0.2, 0.25) is 0 Å². The molecule has 0 N–H and O–H groups in total. The molecule has 0 nitrogen and oxygen atoms in total. The van der Waals surface area contributed by atoms with Crippen LogP contribution in [-0.2, 0) is 0 Å². The highest BCUT2D eigenvalue weighted by molar-refractivity contribution is 5.64. The first kappa shape index (κ1) is 12.0. The Balaban J connectivity index is 2.51. The van der Waals surface area contributed by atoms with Crippen LogP contribution in [0.3, 0.4) is 0 Å². The van der Waals surface area contributed by atoms with Crippen LogP contribution in [0.25, 0.3) is 5.57 Å². The van der Waals surface area contributed by atoms with Crippen LogP contribution in [0, 0.1) is 5.92 Å². The molecule has 0 heterocycles. The average molecular weight is 202 g/mol. The summed E-state index contributed by atoms with van der Waals surface area (Å²) < 4.78 is 0. The molecule has 0 aliphatic carbocycles. The summed E-state index contributed by atoms with van der Waals surface area (Å²) in [5.74, 6) is 0.818. The van der Waals surface area contributed by atoms with Gasteiger partial charge in [-0.1, -0.05) is 56.7 Å². The van der Waals surface area contributed by atoms with Crippen molar-refractivity contribution in [3.05, 3.63) is 42.0 Å². The van der Waals surface area contributed by atoms with Crippen molar-refractivity contribution >= 4 is 5.57 Å². The predicted octanol–water partition coefficient (Wildman–Crippen LogP) is 4.92. The maximum atomic E-state index is 2.29. The van der Waals surface area contributed by atoms with Crippen LogP contribution in [0.15, 0.2) is 36.4 Å². The fourth-order valence-corrected chi connectivity index (χ4v) is 1.81. The van der Waals surface area contributed by atoms with Crippen LogP contribution in [0.1, 0.15) is 45.6 Å². The van der Waals surface area contributed by atoms with Crippen molar-refractivity contribution in [2.24, 2.45) is 5.92 Å². The van der Waals surface area contributed by atoms with Crippen LogP contribution in [-0.4, -0.2) is 0 Å². The standard InChI is InChI=1S/C15H22/c1-4-14(12-8-9-13(2)3)15-10-6-5-7-11-15/h4-7,10-11,13H,8-9,12H2,1-3H3. The first-order valence-corrected chi connectivity index (χ1v) is 5.94. The molecule has 0 atom stereocenters. The van der Waals surface area contributed by atoms with Crippen molar-refractivity contribution in [3.8, 4) is 0 Å². The van der Waals surface area contributed by atoms with E-state index >= 15 is 0 Å². The molecule has 15 heavy (non-hydrogen) atoms. The van der Waals surface area contributed by atoms with Gasteiger partial charge in [-0.15, -0.1) is 0 Å². The molecule has 0 spiro atoms. The van der Waals surface area contributed by atoms with Gasteiger partial charge in [-0.3, -0.25) is 0 Å². The van der Waals surface area contributed by atoms with Crippen molar-refractivity contribution in [2.45, 2.75) is 40.0 Å². The highest BCUT2D eigenvalue weighted by Crippen LogP contribution is 2.21. The molecule has 0 heteroatoms. The lowest BCUT2D eigenvalue weighted by molar-refractivity contribution is 0.562. The molecule has 82 valence electrons. The number of benzene rings is 1. The van der Waals surface area contributed by atoms with E-state index in [0.717, 1.165) is 5.92 Å². The van der Waals surface area contributed by atoms with E-state index in [4.69, 9.17) is 0 Å². The number of hydrogen-bond acceptors (Lipinski definition) is 0. The number of rotatable bonds is 5. The summed E-state index contributed by atoms with van der Waals surface area (Å²) in [5.41, 5.74) is 2.86. The van der Waals surface area contributed by atoms with E-state index < -0.39 is 0 Å². The monoisotopic (exact) mass is 202 g/mol. The highest BCUT2D eigenvalue weighted by Gasteiger charge is 2.00. The average Bonchev–Trinajstić information content (AvgIpc) is 2.25. The van der Waals surface area contributed by atoms with Gasteiger partial charge in [0.1, 0.15) is 0 Å². The lowest BCUT2D eigenvalue weighted by Crippen LogP contribution is -1.89. The van der Waals surface area contributed by atoms with Gasteiger partial charge >= 0.3 is 0 Å². The second-order valence-electron chi connectivity index (χ2n) is 4.47. The second kappa shape index (κ2) is 6.44. The summed E-state index contributed by atoms with van der Waals surface area (Å²) in [6, 6.07) is 10.7. The van der Waals surface area contributed by atoms with Crippen LogP contribution in [0.2, 0.25) is 0 Å². The lowest BCUT2D eigenvalue weighted by Gasteiger charge is -2.08. The Morgan fingerprint density at radius 3 is 2.40 bits per heavy atom. The Morgan fingerprint density at radius 1 is 1.20 bits per heavy atom. The molecule has 1 aromatic rings. The minimum atomic E-state index is 0.818. The van der Waals surface area contributed by atoms with Crippen LogP contribution in [0.5, 0.6) is 0 Å². The summed E-state index contributed by atoms with van der Waals surface area (Å²) >= 11 is 0. The van der Waals surface area contributed by atoms with Crippen LogP contribution in [0.4, 0.5) is 0 Å². The van der Waals surface area contributed by atoms with Gasteiger partial charge in [0.05, 0.1) is 0 Å². The topological polar surface area (TPSA) is 0 Å². The maximum absolute atomic E-state index is 2.29. The van der Waals surface area contributed by atoms with Crippen molar-refractivity contribution in [1.29, 1.82) is 0 Å². The second-order valence-corrected chi connectivity index (χ2v) is 4.47. The number of allylic oxidation sites excluding steroid dienone is 2. The maximum Gasteiger partial charge on any atom is -0.0228 e. The predicted molar refractivity (Wildman–Crippen MR) is 68.8 cm³/mol. The van der Waals surface area contributed by atoms with E-state index in [1.807, 2.05) is 0 Å². The quantitative estimate of drug-likeness (QED) is 0.636. The lowest BCUT2D eigenvalue weighted by atomic mass is 9.97. The van der Waals surface area contributed by atoms with Crippen molar-refractivity contribution in [3.63, 3.8) is 0 Å². The van der Waals surface area contributed by atoms with E-state index in [-0.39, 0.29) is 0 Å². The Morgan fingerprint density at radius 2 is 1.87 bits per heavy atom. The summed E-state index contributed by atoms with van der Waals surface area (Å²) in [5, 5.41) is 0. The normalized spacial score (nSPS) is 12.1. The third-order valence-corrected chi connectivity index (χ3v) is 2.72. The largest absolute Gasteiger partial charge is 0.0838 e. The zero-order chi connectivity index (χ0) is 11.1. The van der Waals surface area contributed by atoms with Crippen molar-refractivity contribution < 1.29 is 0 Å². The minimum Gasteiger partial charge on any atom is -0.0838 e. The number of hydrogen-bond donors (Lipinski definition) is 0. The Hall–Kier alpha value is -1.04. The third kappa shape index (κ3) is 4.33. The molecule has 0 saturated carbocycles. The van der Waals surface area contributed by atoms with Crippen LogP contribution >= 0.6 is 0 Å². The molecular weight excluding hydrogens is 180 g/mol. The molecule has 0 bridgehead atoms. The molecule has 0 unspecified atom stereocenters. The van der Waals surface area contributed by atoms with Crippen LogP contribution < -0.4 is 0 Å². The van der Waals surface area contributed by atoms with Gasteiger partial charge in [0.25, 0.3) is 0 Å². The van der Waals surface area contributed by atoms with E-state index in [1.54, 1.807) is 0 Å². The first-order chi connectivity index (χ1) is 7.24. The molecule has 1 aromatic carbocycles. The zero-order valence-electron chi connectivity index (χ0n) is 10.2. The van der Waals surface area contributed by atoms with E-state index in [1.165, 1.54) is 30.4 Å². The van der Waals surface area contributed by atoms with Gasteiger partial charge < -0.3 is 0 Å². The summed E-state index contributed by atoms with van der Waals surface area (Å²) in [6.45, 7) is 6.72. The fourth-order valence-electron chi connectivity index (χ4n) is 1.81. The molecule has 0 amide bonds. The van der Waals surface area contributed by atoms with E-state index in [0.29, 0.717) is 0 Å². The Bertz CT molecular complexity index is 293. The molecular formula is C15H22. The summed E-state index contributed by atoms with van der Waals surface area (Å²) in [4.78, 5) is 0. The molecule has 0 fully saturated rings. The van der Waals surface area contributed by atoms with E-state index in [2.05, 4.69) is 57.2 Å². The van der Waals surface area contributed by atoms with Gasteiger partial charge in [-0.25, -0.2) is 0 Å².